The van der Waals surface area contributed by atoms with Crippen LogP contribution in [0.5, 0.6) is 0 Å². The molecule has 1 heteroatoms. The van der Waals surface area contributed by atoms with Crippen LogP contribution in [0, 0.1) is 0 Å². The minimum atomic E-state index is 0.942. The fraction of sp³-hybridized carbons (Fsp3) is 0.0588. The first kappa shape index (κ1) is 11.4. The van der Waals surface area contributed by atoms with Gasteiger partial charge in [-0.2, -0.15) is 0 Å². The first-order chi connectivity index (χ1) is 8.90. The summed E-state index contributed by atoms with van der Waals surface area (Å²) < 4.78 is 0. The summed E-state index contributed by atoms with van der Waals surface area (Å²) >= 11 is 1.86. The van der Waals surface area contributed by atoms with Gasteiger partial charge in [0.25, 0.3) is 0 Å². The number of rotatable bonds is 3. The highest BCUT2D eigenvalue weighted by Crippen LogP contribution is 2.35. The quantitative estimate of drug-likeness (QED) is 0.346. The average molecular weight is 250 g/mol. The van der Waals surface area contributed by atoms with Gasteiger partial charge in [0.2, 0.25) is 0 Å². The van der Waals surface area contributed by atoms with Crippen molar-refractivity contribution in [2.75, 3.05) is 5.75 Å². The van der Waals surface area contributed by atoms with Crippen molar-refractivity contribution in [3.63, 3.8) is 0 Å². The van der Waals surface area contributed by atoms with E-state index in [1.165, 1.54) is 26.4 Å². The second kappa shape index (κ2) is 4.87. The first-order valence-electron chi connectivity index (χ1n) is 6.04. The molecule has 0 atom stereocenters. The van der Waals surface area contributed by atoms with Gasteiger partial charge in [-0.3, -0.25) is 0 Å². The molecule has 88 valence electrons. The van der Waals surface area contributed by atoms with Gasteiger partial charge in [-0.05, 0) is 27.6 Å². The van der Waals surface area contributed by atoms with E-state index in [-0.39, 0.29) is 0 Å². The lowest BCUT2D eigenvalue weighted by Gasteiger charge is -2.10. The van der Waals surface area contributed by atoms with Crippen LogP contribution < -0.4 is 0 Å². The van der Waals surface area contributed by atoms with Crippen LogP contribution >= 0.6 is 11.8 Å². The van der Waals surface area contributed by atoms with E-state index in [1.807, 2.05) is 17.8 Å². The average Bonchev–Trinajstić information content (AvgIpc) is 2.43. The van der Waals surface area contributed by atoms with E-state index in [1.54, 1.807) is 0 Å². The number of thioether (sulfide) groups is 1. The number of benzene rings is 3. The van der Waals surface area contributed by atoms with Crippen molar-refractivity contribution in [1.82, 2.24) is 0 Å². The van der Waals surface area contributed by atoms with Crippen LogP contribution in [-0.2, 0) is 0 Å². The molecular weight excluding hydrogens is 236 g/mol. The first-order valence-corrected chi connectivity index (χ1v) is 7.03. The lowest BCUT2D eigenvalue weighted by Crippen LogP contribution is -1.83. The molecular formula is C17H14S. The molecule has 3 rings (SSSR count). The Morgan fingerprint density at radius 3 is 2.00 bits per heavy atom. The predicted octanol–water partition coefficient (Wildman–Crippen LogP) is 5.27. The number of hydrogen-bond donors (Lipinski definition) is 0. The van der Waals surface area contributed by atoms with E-state index in [9.17, 15) is 0 Å². The Kier molecular flexibility index (Phi) is 3.07. The van der Waals surface area contributed by atoms with Gasteiger partial charge >= 0.3 is 0 Å². The molecule has 3 aromatic rings. The van der Waals surface area contributed by atoms with E-state index < -0.39 is 0 Å². The van der Waals surface area contributed by atoms with E-state index in [0.717, 1.165) is 5.75 Å². The zero-order chi connectivity index (χ0) is 12.4. The summed E-state index contributed by atoms with van der Waals surface area (Å²) in [7, 11) is 0. The standard InChI is InChI=1S/C17H14S/c1-2-11-18-17-15-9-5-3-7-13(15)12-14-8-4-6-10-16(14)17/h2-10,12H,1,11H2. The van der Waals surface area contributed by atoms with Crippen molar-refractivity contribution in [3.05, 3.63) is 67.3 Å². The Hall–Kier alpha value is -1.73. The monoisotopic (exact) mass is 250 g/mol. The Bertz CT molecular complexity index is 659. The highest BCUT2D eigenvalue weighted by molar-refractivity contribution is 7.99. The molecule has 0 saturated carbocycles. The molecule has 0 aliphatic rings. The summed E-state index contributed by atoms with van der Waals surface area (Å²) in [5.74, 6) is 0.942. The van der Waals surface area contributed by atoms with Crippen molar-refractivity contribution < 1.29 is 0 Å². The molecule has 18 heavy (non-hydrogen) atoms. The maximum absolute atomic E-state index is 3.82. The Labute approximate surface area is 111 Å². The molecule has 0 saturated heterocycles. The molecule has 3 aromatic carbocycles. The van der Waals surface area contributed by atoms with Crippen LogP contribution in [0.15, 0.2) is 72.1 Å². The minimum Gasteiger partial charge on any atom is -0.121 e. The molecule has 0 nitrogen and oxygen atoms in total. The highest BCUT2D eigenvalue weighted by atomic mass is 32.2. The predicted molar refractivity (Wildman–Crippen MR) is 82.4 cm³/mol. The van der Waals surface area contributed by atoms with Gasteiger partial charge in [-0.15, -0.1) is 18.3 Å². The van der Waals surface area contributed by atoms with Gasteiger partial charge in [-0.1, -0.05) is 54.6 Å². The summed E-state index contributed by atoms with van der Waals surface area (Å²) in [4.78, 5) is 1.36. The lowest BCUT2D eigenvalue weighted by molar-refractivity contribution is 1.60. The molecule has 0 spiro atoms. The molecule has 0 heterocycles. The van der Waals surface area contributed by atoms with Gasteiger partial charge in [0.1, 0.15) is 0 Å². The fourth-order valence-electron chi connectivity index (χ4n) is 2.27. The van der Waals surface area contributed by atoms with E-state index in [0.29, 0.717) is 0 Å². The van der Waals surface area contributed by atoms with Crippen LogP contribution in [0.2, 0.25) is 0 Å². The van der Waals surface area contributed by atoms with Crippen molar-refractivity contribution in [1.29, 1.82) is 0 Å². The maximum atomic E-state index is 3.82. The number of hydrogen-bond acceptors (Lipinski definition) is 1. The largest absolute Gasteiger partial charge is 0.121 e. The molecule has 0 aliphatic heterocycles. The summed E-state index contributed by atoms with van der Waals surface area (Å²) in [5.41, 5.74) is 0. The second-order valence-corrected chi connectivity index (χ2v) is 5.28. The van der Waals surface area contributed by atoms with Gasteiger partial charge in [0.15, 0.2) is 0 Å². The molecule has 0 amide bonds. The van der Waals surface area contributed by atoms with Gasteiger partial charge in [0.05, 0.1) is 0 Å². The highest BCUT2D eigenvalue weighted by Gasteiger charge is 2.06. The maximum Gasteiger partial charge on any atom is 0.0232 e. The summed E-state index contributed by atoms with van der Waals surface area (Å²) in [6, 6.07) is 19.4. The second-order valence-electron chi connectivity index (χ2n) is 4.25. The number of fused-ring (bicyclic) bond motifs is 2. The zero-order valence-electron chi connectivity index (χ0n) is 10.1. The Morgan fingerprint density at radius 2 is 1.44 bits per heavy atom. The minimum absolute atomic E-state index is 0.942. The van der Waals surface area contributed by atoms with Crippen molar-refractivity contribution in [3.8, 4) is 0 Å². The van der Waals surface area contributed by atoms with E-state index >= 15 is 0 Å². The Morgan fingerprint density at radius 1 is 0.889 bits per heavy atom. The van der Waals surface area contributed by atoms with Gasteiger partial charge < -0.3 is 0 Å². The topological polar surface area (TPSA) is 0 Å². The summed E-state index contributed by atoms with van der Waals surface area (Å²) in [6.45, 7) is 3.82. The molecule has 0 bridgehead atoms. The van der Waals surface area contributed by atoms with Crippen LogP contribution in [0.4, 0.5) is 0 Å². The third kappa shape index (κ3) is 1.91. The van der Waals surface area contributed by atoms with Crippen LogP contribution in [0.3, 0.4) is 0 Å². The molecule has 0 radical (unpaired) electrons. The Balaban J connectivity index is 2.37. The van der Waals surface area contributed by atoms with E-state index in [4.69, 9.17) is 0 Å². The third-order valence-electron chi connectivity index (χ3n) is 3.07. The van der Waals surface area contributed by atoms with Crippen molar-refractivity contribution >= 4 is 33.3 Å². The van der Waals surface area contributed by atoms with Crippen molar-refractivity contribution in [2.45, 2.75) is 4.90 Å². The SMILES string of the molecule is C=CCSc1c2ccccc2cc2ccccc12. The third-order valence-corrected chi connectivity index (χ3v) is 4.20. The molecule has 0 N–H and O–H groups in total. The van der Waals surface area contributed by atoms with Crippen LogP contribution in [0.25, 0.3) is 21.5 Å². The molecule has 0 unspecified atom stereocenters. The summed E-state index contributed by atoms with van der Waals surface area (Å²) in [5, 5.41) is 5.29. The zero-order valence-corrected chi connectivity index (χ0v) is 10.9. The van der Waals surface area contributed by atoms with E-state index in [2.05, 4.69) is 61.2 Å². The lowest BCUT2D eigenvalue weighted by atomic mass is 10.0. The van der Waals surface area contributed by atoms with Gasteiger partial charge in [0, 0.05) is 10.6 Å². The summed E-state index contributed by atoms with van der Waals surface area (Å²) in [6.07, 6.45) is 1.96. The van der Waals surface area contributed by atoms with Crippen molar-refractivity contribution in [2.24, 2.45) is 0 Å². The normalized spacial score (nSPS) is 10.9. The molecule has 0 aliphatic carbocycles. The van der Waals surface area contributed by atoms with Gasteiger partial charge in [-0.25, -0.2) is 0 Å². The fourth-order valence-corrected chi connectivity index (χ4v) is 3.24. The van der Waals surface area contributed by atoms with Crippen LogP contribution in [-0.4, -0.2) is 5.75 Å². The van der Waals surface area contributed by atoms with Crippen LogP contribution in [0.1, 0.15) is 0 Å². The smallest absolute Gasteiger partial charge is 0.0232 e. The molecule has 0 aromatic heterocycles. The molecule has 0 fully saturated rings.